The molecule has 132 valence electrons. The van der Waals surface area contributed by atoms with Crippen LogP contribution in [-0.2, 0) is 17.6 Å². The maximum absolute atomic E-state index is 12.4. The van der Waals surface area contributed by atoms with Crippen molar-refractivity contribution in [3.63, 3.8) is 0 Å². The number of aromatic nitrogens is 2. The second kappa shape index (κ2) is 7.81. The number of nitrogens with zero attached hydrogens (tertiary/aromatic N) is 1. The van der Waals surface area contributed by atoms with E-state index in [1.807, 2.05) is 0 Å². The number of halogens is 2. The topological polar surface area (TPSA) is 74.8 Å². The number of carbonyl (C=O) groups is 1. The first-order chi connectivity index (χ1) is 11.9. The number of anilines is 1. The van der Waals surface area contributed by atoms with E-state index >= 15 is 0 Å². The molecule has 1 aromatic heterocycles. The van der Waals surface area contributed by atoms with E-state index in [0.29, 0.717) is 20.9 Å². The molecule has 2 aromatic rings. The number of hydrogen-bond acceptors (Lipinski definition) is 4. The zero-order valence-corrected chi connectivity index (χ0v) is 15.9. The van der Waals surface area contributed by atoms with Gasteiger partial charge in [0.15, 0.2) is 5.16 Å². The number of benzene rings is 1. The molecule has 2 N–H and O–H groups in total. The van der Waals surface area contributed by atoms with Crippen LogP contribution in [0, 0.1) is 0 Å². The molecular weight excluding hydrogens is 381 g/mol. The smallest absolute Gasteiger partial charge is 0.254 e. The van der Waals surface area contributed by atoms with Gasteiger partial charge >= 0.3 is 0 Å². The van der Waals surface area contributed by atoms with Crippen LogP contribution < -0.4 is 10.9 Å². The highest BCUT2D eigenvalue weighted by Crippen LogP contribution is 2.25. The fraction of sp³-hybridized carbons (Fsp3) is 0.353. The molecule has 1 aromatic carbocycles. The molecule has 1 aliphatic rings. The summed E-state index contributed by atoms with van der Waals surface area (Å²) in [6.45, 7) is 1.76. The third-order valence-corrected chi connectivity index (χ3v) is 5.38. The molecule has 1 atom stereocenters. The molecule has 0 fully saturated rings. The number of aromatic amines is 1. The van der Waals surface area contributed by atoms with E-state index in [9.17, 15) is 9.59 Å². The van der Waals surface area contributed by atoms with Gasteiger partial charge in [0.25, 0.3) is 5.56 Å². The van der Waals surface area contributed by atoms with Crippen LogP contribution in [0.1, 0.15) is 31.0 Å². The van der Waals surface area contributed by atoms with Crippen LogP contribution >= 0.6 is 35.0 Å². The number of carbonyl (C=O) groups excluding carboxylic acids is 1. The average molecular weight is 398 g/mol. The number of aryl methyl sites for hydroxylation is 1. The number of nitrogens with one attached hydrogen (secondary N) is 2. The van der Waals surface area contributed by atoms with Gasteiger partial charge in [0.2, 0.25) is 5.91 Å². The molecule has 3 rings (SSSR count). The molecule has 0 saturated carbocycles. The van der Waals surface area contributed by atoms with Gasteiger partial charge in [-0.05, 0) is 50.8 Å². The van der Waals surface area contributed by atoms with Gasteiger partial charge in [-0.2, -0.15) is 0 Å². The van der Waals surface area contributed by atoms with Crippen LogP contribution in [0.25, 0.3) is 0 Å². The van der Waals surface area contributed by atoms with Gasteiger partial charge in [0, 0.05) is 21.3 Å². The van der Waals surface area contributed by atoms with Gasteiger partial charge < -0.3 is 10.3 Å². The molecular formula is C17H17Cl2N3O2S. The standard InChI is InChI=1S/C17H17Cl2N3O2S/c1-9(15(23)20-12-7-10(18)6-11(19)8-12)25-17-21-14-5-3-2-4-13(14)16(24)22-17/h6-9H,2-5H2,1H3,(H,20,23)(H,21,22,24). The van der Waals surface area contributed by atoms with Crippen LogP contribution in [0.4, 0.5) is 5.69 Å². The molecule has 0 saturated heterocycles. The van der Waals surface area contributed by atoms with Gasteiger partial charge in [-0.3, -0.25) is 9.59 Å². The molecule has 8 heteroatoms. The zero-order chi connectivity index (χ0) is 18.0. The van der Waals surface area contributed by atoms with Crippen molar-refractivity contribution >= 4 is 46.6 Å². The molecule has 25 heavy (non-hydrogen) atoms. The van der Waals surface area contributed by atoms with E-state index in [0.717, 1.165) is 36.9 Å². The highest BCUT2D eigenvalue weighted by molar-refractivity contribution is 8.00. The summed E-state index contributed by atoms with van der Waals surface area (Å²) in [5.74, 6) is -0.219. The summed E-state index contributed by atoms with van der Waals surface area (Å²) in [6.07, 6.45) is 3.65. The minimum Gasteiger partial charge on any atom is -0.325 e. The molecule has 5 nitrogen and oxygen atoms in total. The van der Waals surface area contributed by atoms with Crippen LogP contribution in [-0.4, -0.2) is 21.1 Å². The van der Waals surface area contributed by atoms with Crippen molar-refractivity contribution < 1.29 is 4.79 Å². The summed E-state index contributed by atoms with van der Waals surface area (Å²) in [5, 5.41) is 3.70. The second-order valence-corrected chi connectivity index (χ2v) is 8.11. The first-order valence-electron chi connectivity index (χ1n) is 7.98. The lowest BCUT2D eigenvalue weighted by Gasteiger charge is -2.16. The quantitative estimate of drug-likeness (QED) is 0.601. The maximum atomic E-state index is 12.4. The summed E-state index contributed by atoms with van der Waals surface area (Å²) in [7, 11) is 0. The van der Waals surface area contributed by atoms with Crippen LogP contribution in [0.2, 0.25) is 10.0 Å². The van der Waals surface area contributed by atoms with Crippen LogP contribution in [0.15, 0.2) is 28.2 Å². The van der Waals surface area contributed by atoms with Crippen molar-refractivity contribution in [1.82, 2.24) is 9.97 Å². The molecule has 1 aliphatic carbocycles. The highest BCUT2D eigenvalue weighted by atomic mass is 35.5. The van der Waals surface area contributed by atoms with E-state index in [4.69, 9.17) is 23.2 Å². The van der Waals surface area contributed by atoms with Crippen molar-refractivity contribution in [3.8, 4) is 0 Å². The molecule has 0 spiro atoms. The van der Waals surface area contributed by atoms with Gasteiger partial charge in [-0.15, -0.1) is 0 Å². The number of hydrogen-bond donors (Lipinski definition) is 2. The highest BCUT2D eigenvalue weighted by Gasteiger charge is 2.20. The Morgan fingerprint density at radius 1 is 1.24 bits per heavy atom. The largest absolute Gasteiger partial charge is 0.325 e. The Balaban J connectivity index is 1.71. The van der Waals surface area contributed by atoms with E-state index in [1.165, 1.54) is 11.8 Å². The van der Waals surface area contributed by atoms with E-state index in [-0.39, 0.29) is 11.5 Å². The molecule has 1 amide bonds. The van der Waals surface area contributed by atoms with Gasteiger partial charge in [0.05, 0.1) is 10.9 Å². The minimum absolute atomic E-state index is 0.0959. The van der Waals surface area contributed by atoms with Crippen molar-refractivity contribution in [3.05, 3.63) is 49.9 Å². The Bertz CT molecular complexity index is 849. The fourth-order valence-electron chi connectivity index (χ4n) is 2.73. The third kappa shape index (κ3) is 4.57. The summed E-state index contributed by atoms with van der Waals surface area (Å²) in [5.41, 5.74) is 2.07. The van der Waals surface area contributed by atoms with E-state index in [2.05, 4.69) is 15.3 Å². The third-order valence-electron chi connectivity index (χ3n) is 3.96. The Morgan fingerprint density at radius 3 is 2.64 bits per heavy atom. The second-order valence-electron chi connectivity index (χ2n) is 5.91. The lowest BCUT2D eigenvalue weighted by atomic mass is 9.97. The number of rotatable bonds is 4. The minimum atomic E-state index is -0.442. The first kappa shape index (κ1) is 18.3. The number of H-pyrrole nitrogens is 1. The van der Waals surface area contributed by atoms with Gasteiger partial charge in [-0.25, -0.2) is 4.98 Å². The Morgan fingerprint density at radius 2 is 1.92 bits per heavy atom. The summed E-state index contributed by atoms with van der Waals surface area (Å²) in [6, 6.07) is 4.85. The monoisotopic (exact) mass is 397 g/mol. The Labute approximate surface area is 159 Å². The van der Waals surface area contributed by atoms with E-state index in [1.54, 1.807) is 25.1 Å². The first-order valence-corrected chi connectivity index (χ1v) is 9.61. The molecule has 0 aliphatic heterocycles. The normalized spacial score (nSPS) is 14.7. The van der Waals surface area contributed by atoms with Crippen molar-refractivity contribution in [2.45, 2.75) is 43.0 Å². The molecule has 1 heterocycles. The van der Waals surface area contributed by atoms with Gasteiger partial charge in [0.1, 0.15) is 0 Å². The predicted octanol–water partition coefficient (Wildman–Crippen LogP) is 4.07. The number of fused-ring (bicyclic) bond motifs is 1. The Kier molecular flexibility index (Phi) is 5.71. The lowest BCUT2D eigenvalue weighted by Crippen LogP contribution is -2.25. The number of amides is 1. The SMILES string of the molecule is CC(Sc1nc2c(c(=O)[nH]1)CCCC2)C(=O)Nc1cc(Cl)cc(Cl)c1. The van der Waals surface area contributed by atoms with Crippen molar-refractivity contribution in [1.29, 1.82) is 0 Å². The predicted molar refractivity (Wildman–Crippen MR) is 102 cm³/mol. The van der Waals surface area contributed by atoms with Crippen LogP contribution in [0.3, 0.4) is 0 Å². The molecule has 0 radical (unpaired) electrons. The molecule has 1 unspecified atom stereocenters. The zero-order valence-electron chi connectivity index (χ0n) is 13.6. The van der Waals surface area contributed by atoms with Crippen molar-refractivity contribution in [2.75, 3.05) is 5.32 Å². The lowest BCUT2D eigenvalue weighted by molar-refractivity contribution is -0.115. The average Bonchev–Trinajstić information content (AvgIpc) is 2.53. The maximum Gasteiger partial charge on any atom is 0.254 e. The van der Waals surface area contributed by atoms with Crippen LogP contribution in [0.5, 0.6) is 0 Å². The van der Waals surface area contributed by atoms with E-state index < -0.39 is 5.25 Å². The fourth-order valence-corrected chi connectivity index (χ4v) is 4.07. The Hall–Kier alpha value is -1.50. The van der Waals surface area contributed by atoms with Crippen molar-refractivity contribution in [2.24, 2.45) is 0 Å². The summed E-state index contributed by atoms with van der Waals surface area (Å²) in [4.78, 5) is 31.8. The summed E-state index contributed by atoms with van der Waals surface area (Å²) >= 11 is 13.1. The van der Waals surface area contributed by atoms with Gasteiger partial charge in [-0.1, -0.05) is 35.0 Å². The summed E-state index contributed by atoms with van der Waals surface area (Å²) < 4.78 is 0. The number of thioether (sulfide) groups is 1. The molecule has 0 bridgehead atoms.